The third-order valence-electron chi connectivity index (χ3n) is 3.64. The summed E-state index contributed by atoms with van der Waals surface area (Å²) in [5, 5.41) is 0. The van der Waals surface area contributed by atoms with Crippen molar-refractivity contribution in [1.82, 2.24) is 0 Å². The van der Waals surface area contributed by atoms with Crippen LogP contribution >= 0.6 is 0 Å². The van der Waals surface area contributed by atoms with Gasteiger partial charge in [0.1, 0.15) is 0 Å². The summed E-state index contributed by atoms with van der Waals surface area (Å²) in [6.45, 7) is 2.48. The molecule has 1 unspecified atom stereocenters. The van der Waals surface area contributed by atoms with Crippen molar-refractivity contribution in [1.29, 1.82) is 0 Å². The lowest BCUT2D eigenvalue weighted by molar-refractivity contribution is 0.492. The van der Waals surface area contributed by atoms with Crippen molar-refractivity contribution in [2.24, 2.45) is 23.2 Å². The minimum atomic E-state index is 0.883. The summed E-state index contributed by atoms with van der Waals surface area (Å²) in [6.07, 6.45) is 4.76. The predicted octanol–water partition coefficient (Wildman–Crippen LogP) is 2.05. The first-order valence-corrected chi connectivity index (χ1v) is 3.80. The predicted molar refractivity (Wildman–Crippen MR) is 32.4 cm³/mol. The van der Waals surface area contributed by atoms with Gasteiger partial charge in [-0.1, -0.05) is 6.92 Å². The van der Waals surface area contributed by atoms with Crippen molar-refractivity contribution >= 4 is 0 Å². The summed E-state index contributed by atoms with van der Waals surface area (Å²) >= 11 is 0. The smallest absolute Gasteiger partial charge is 0.0289 e. The molecular weight excluding hydrogens is 96.1 g/mol. The zero-order valence-electron chi connectivity index (χ0n) is 5.35. The molecule has 0 bridgehead atoms. The highest BCUT2D eigenvalue weighted by molar-refractivity contribution is 5.17. The zero-order valence-corrected chi connectivity index (χ0v) is 5.35. The van der Waals surface area contributed by atoms with Crippen LogP contribution in [0, 0.1) is 23.2 Å². The molecule has 0 amide bonds. The van der Waals surface area contributed by atoms with Crippen LogP contribution in [0.2, 0.25) is 0 Å². The Labute approximate surface area is 50.3 Å². The Kier molecular flexibility index (Phi) is 0.381. The van der Waals surface area contributed by atoms with Gasteiger partial charge in [-0.3, -0.25) is 0 Å². The second-order valence-electron chi connectivity index (χ2n) is 4.33. The van der Waals surface area contributed by atoms with Crippen LogP contribution in [0.15, 0.2) is 0 Å². The van der Waals surface area contributed by atoms with E-state index in [2.05, 4.69) is 6.92 Å². The van der Waals surface area contributed by atoms with Gasteiger partial charge in [0.2, 0.25) is 0 Å². The van der Waals surface area contributed by atoms with Gasteiger partial charge in [-0.15, -0.1) is 0 Å². The van der Waals surface area contributed by atoms with Crippen molar-refractivity contribution in [3.8, 4) is 0 Å². The molecule has 3 aliphatic carbocycles. The molecule has 0 saturated heterocycles. The van der Waals surface area contributed by atoms with Gasteiger partial charge in [0, 0.05) is 0 Å². The molecule has 3 fully saturated rings. The van der Waals surface area contributed by atoms with E-state index in [0.717, 1.165) is 5.41 Å². The molecule has 8 heavy (non-hydrogen) atoms. The Hall–Kier alpha value is 0. The normalized spacial score (nSPS) is 73.9. The second-order valence-corrected chi connectivity index (χ2v) is 4.33. The summed E-state index contributed by atoms with van der Waals surface area (Å²) in [4.78, 5) is 0. The van der Waals surface area contributed by atoms with E-state index in [1.807, 2.05) is 0 Å². The average Bonchev–Trinajstić information content (AvgIpc) is 2.50. The summed E-state index contributed by atoms with van der Waals surface area (Å²) in [6, 6.07) is 0. The first kappa shape index (κ1) is 3.92. The number of fused-ring (bicyclic) bond motifs is 3. The van der Waals surface area contributed by atoms with Crippen LogP contribution in [-0.2, 0) is 0 Å². The van der Waals surface area contributed by atoms with Crippen molar-refractivity contribution in [2.75, 3.05) is 0 Å². The Morgan fingerprint density at radius 1 is 1.38 bits per heavy atom. The number of hydrogen-bond donors (Lipinski definition) is 0. The maximum Gasteiger partial charge on any atom is -0.0289 e. The van der Waals surface area contributed by atoms with Crippen LogP contribution in [0.4, 0.5) is 0 Å². The molecule has 0 heterocycles. The quantitative estimate of drug-likeness (QED) is 0.445. The summed E-state index contributed by atoms with van der Waals surface area (Å²) in [5.74, 6) is 3.63. The summed E-state index contributed by atoms with van der Waals surface area (Å²) in [7, 11) is 0. The van der Waals surface area contributed by atoms with Gasteiger partial charge in [-0.25, -0.2) is 0 Å². The highest BCUT2D eigenvalue weighted by Gasteiger charge is 2.68. The highest BCUT2D eigenvalue weighted by atomic mass is 14.7. The third-order valence-corrected chi connectivity index (χ3v) is 3.64. The largest absolute Gasteiger partial charge is 0.0593 e. The molecule has 4 atom stereocenters. The zero-order chi connectivity index (χ0) is 5.35. The van der Waals surface area contributed by atoms with Gasteiger partial charge >= 0.3 is 0 Å². The average molecular weight is 108 g/mol. The minimum Gasteiger partial charge on any atom is -0.0593 e. The molecule has 3 aliphatic rings. The molecule has 0 spiro atoms. The van der Waals surface area contributed by atoms with E-state index >= 15 is 0 Å². The van der Waals surface area contributed by atoms with Crippen molar-refractivity contribution in [2.45, 2.75) is 26.2 Å². The monoisotopic (exact) mass is 108 g/mol. The van der Waals surface area contributed by atoms with Crippen LogP contribution in [0.3, 0.4) is 0 Å². The van der Waals surface area contributed by atoms with Gasteiger partial charge in [0.25, 0.3) is 0 Å². The third kappa shape index (κ3) is 0.260. The SMILES string of the molecule is C[C@]12C[C@H]3CC3[C@H]1C2. The lowest BCUT2D eigenvalue weighted by Crippen LogP contribution is -1.91. The van der Waals surface area contributed by atoms with Crippen LogP contribution in [0.5, 0.6) is 0 Å². The molecule has 3 rings (SSSR count). The number of hydrogen-bond acceptors (Lipinski definition) is 0. The van der Waals surface area contributed by atoms with Gasteiger partial charge < -0.3 is 0 Å². The van der Waals surface area contributed by atoms with Crippen molar-refractivity contribution < 1.29 is 0 Å². The van der Waals surface area contributed by atoms with Gasteiger partial charge in [-0.05, 0) is 42.4 Å². The topological polar surface area (TPSA) is 0 Å². The summed E-state index contributed by atoms with van der Waals surface area (Å²) < 4.78 is 0. The molecule has 0 aromatic carbocycles. The molecule has 0 aliphatic heterocycles. The standard InChI is InChI=1S/C8H12/c1-8-3-5-2-6(5)7(8)4-8/h5-7H,2-4H2,1H3/t5-,6?,7-,8-/m1/s1. The fraction of sp³-hybridized carbons (Fsp3) is 1.00. The van der Waals surface area contributed by atoms with Crippen LogP contribution in [-0.4, -0.2) is 0 Å². The molecule has 0 heteroatoms. The van der Waals surface area contributed by atoms with Gasteiger partial charge in [-0.2, -0.15) is 0 Å². The van der Waals surface area contributed by atoms with Gasteiger partial charge in [0.05, 0.1) is 0 Å². The molecule has 0 aromatic rings. The molecule has 0 radical (unpaired) electrons. The van der Waals surface area contributed by atoms with E-state index in [4.69, 9.17) is 0 Å². The van der Waals surface area contributed by atoms with E-state index in [0.29, 0.717) is 0 Å². The first-order valence-electron chi connectivity index (χ1n) is 3.80. The van der Waals surface area contributed by atoms with E-state index in [1.54, 1.807) is 19.3 Å². The fourth-order valence-electron chi connectivity index (χ4n) is 2.94. The van der Waals surface area contributed by atoms with Crippen molar-refractivity contribution in [3.05, 3.63) is 0 Å². The lowest BCUT2D eigenvalue weighted by atomic mass is 10.0. The fourth-order valence-corrected chi connectivity index (χ4v) is 2.94. The maximum atomic E-state index is 2.48. The Balaban J connectivity index is 2.00. The van der Waals surface area contributed by atoms with E-state index in [1.165, 1.54) is 17.8 Å². The molecule has 0 aromatic heterocycles. The minimum absolute atomic E-state index is 0.883. The first-order chi connectivity index (χ1) is 3.80. The van der Waals surface area contributed by atoms with Crippen LogP contribution in [0.25, 0.3) is 0 Å². The van der Waals surface area contributed by atoms with Gasteiger partial charge in [0.15, 0.2) is 0 Å². The Morgan fingerprint density at radius 2 is 2.25 bits per heavy atom. The molecule has 3 saturated carbocycles. The van der Waals surface area contributed by atoms with E-state index in [9.17, 15) is 0 Å². The van der Waals surface area contributed by atoms with Crippen LogP contribution in [0.1, 0.15) is 26.2 Å². The second kappa shape index (κ2) is 0.778. The number of rotatable bonds is 0. The van der Waals surface area contributed by atoms with E-state index < -0.39 is 0 Å². The molecule has 0 nitrogen and oxygen atoms in total. The van der Waals surface area contributed by atoms with E-state index in [-0.39, 0.29) is 0 Å². The summed E-state index contributed by atoms with van der Waals surface area (Å²) in [5.41, 5.74) is 0.883. The maximum absolute atomic E-state index is 2.48. The highest BCUT2D eigenvalue weighted by Crippen LogP contribution is 2.76. The Morgan fingerprint density at radius 3 is 2.62 bits per heavy atom. The molecular formula is C8H12. The molecule has 44 valence electrons. The molecule has 0 N–H and O–H groups in total. The van der Waals surface area contributed by atoms with Crippen LogP contribution < -0.4 is 0 Å². The lowest BCUT2D eigenvalue weighted by Gasteiger charge is -2.01. The van der Waals surface area contributed by atoms with Crippen molar-refractivity contribution in [3.63, 3.8) is 0 Å². The Bertz CT molecular complexity index is 150.